The van der Waals surface area contributed by atoms with Gasteiger partial charge in [-0.3, -0.25) is 0 Å². The van der Waals surface area contributed by atoms with Crippen molar-refractivity contribution in [3.05, 3.63) is 0 Å². The van der Waals surface area contributed by atoms with Gasteiger partial charge in [-0.15, -0.1) is 0 Å². The van der Waals surface area contributed by atoms with Crippen LogP contribution >= 0.6 is 11.5 Å². The molecule has 1 aliphatic carbocycles. The van der Waals surface area contributed by atoms with Gasteiger partial charge in [0.25, 0.3) is 0 Å². The van der Waals surface area contributed by atoms with E-state index >= 15 is 0 Å². The van der Waals surface area contributed by atoms with Crippen molar-refractivity contribution < 1.29 is 4.74 Å². The number of nitrogens with zero attached hydrogens (tertiary/aromatic N) is 2. The normalized spacial score (nSPS) is 26.0. The Morgan fingerprint density at radius 2 is 2.29 bits per heavy atom. The lowest BCUT2D eigenvalue weighted by atomic mass is 9.75. The molecule has 2 unspecified atom stereocenters. The third-order valence-electron chi connectivity index (χ3n) is 4.56. The third-order valence-corrected chi connectivity index (χ3v) is 5.36. The minimum Gasteiger partial charge on any atom is -0.487 e. The smallest absolute Gasteiger partial charge is 0.197 e. The van der Waals surface area contributed by atoms with Crippen molar-refractivity contribution in [1.82, 2.24) is 9.27 Å². The number of nitrogens with one attached hydrogen (secondary N) is 1. The first kappa shape index (κ1) is 16.4. The summed E-state index contributed by atoms with van der Waals surface area (Å²) < 4.78 is 9.81. The summed E-state index contributed by atoms with van der Waals surface area (Å²) in [5, 5.41) is 4.49. The summed E-state index contributed by atoms with van der Waals surface area (Å²) in [6.45, 7) is 5.83. The molecular formula is C15H28N4OS. The molecular weight excluding hydrogens is 284 g/mol. The standard InChI is InChI=1S/C15H28N4OS/c1-5-20-12-13(16)18-21-14(12)17-10-15(19(3)4)8-6-7-11(2)9-15/h11,17H,5-10H2,1-4H3,(H2,16,18). The second-order valence-corrected chi connectivity index (χ2v) is 7.11. The van der Waals surface area contributed by atoms with Crippen LogP contribution in [0.5, 0.6) is 5.75 Å². The van der Waals surface area contributed by atoms with Crippen LogP contribution in [0.25, 0.3) is 0 Å². The number of likely N-dealkylation sites (N-methyl/N-ethyl adjacent to an activating group) is 1. The Bertz CT molecular complexity index is 463. The van der Waals surface area contributed by atoms with Crippen molar-refractivity contribution in [2.24, 2.45) is 5.92 Å². The van der Waals surface area contributed by atoms with E-state index in [2.05, 4.69) is 35.6 Å². The summed E-state index contributed by atoms with van der Waals surface area (Å²) in [5.41, 5.74) is 6.08. The van der Waals surface area contributed by atoms with E-state index in [1.165, 1.54) is 37.2 Å². The number of ether oxygens (including phenoxy) is 1. The highest BCUT2D eigenvalue weighted by Crippen LogP contribution is 2.39. The number of hydrogen-bond acceptors (Lipinski definition) is 6. The fraction of sp³-hybridized carbons (Fsp3) is 0.800. The molecule has 21 heavy (non-hydrogen) atoms. The van der Waals surface area contributed by atoms with Crippen LogP contribution in [0.15, 0.2) is 0 Å². The average molecular weight is 312 g/mol. The minimum atomic E-state index is 0.208. The van der Waals surface area contributed by atoms with Gasteiger partial charge in [0.15, 0.2) is 16.6 Å². The summed E-state index contributed by atoms with van der Waals surface area (Å²) in [6.07, 6.45) is 5.10. The Kier molecular flexibility index (Phi) is 5.32. The fourth-order valence-electron chi connectivity index (χ4n) is 3.29. The van der Waals surface area contributed by atoms with E-state index in [-0.39, 0.29) is 5.54 Å². The van der Waals surface area contributed by atoms with Gasteiger partial charge in [0.05, 0.1) is 6.61 Å². The van der Waals surface area contributed by atoms with Crippen LogP contribution in [0, 0.1) is 5.92 Å². The minimum absolute atomic E-state index is 0.208. The van der Waals surface area contributed by atoms with Gasteiger partial charge in [0.1, 0.15) is 0 Å². The van der Waals surface area contributed by atoms with Gasteiger partial charge in [-0.05, 0) is 51.3 Å². The van der Waals surface area contributed by atoms with Gasteiger partial charge < -0.3 is 20.7 Å². The second kappa shape index (κ2) is 6.83. The number of hydrogen-bond donors (Lipinski definition) is 2. The number of rotatable bonds is 6. The number of aromatic nitrogens is 1. The van der Waals surface area contributed by atoms with Crippen molar-refractivity contribution in [3.63, 3.8) is 0 Å². The average Bonchev–Trinajstić information content (AvgIpc) is 2.78. The maximum absolute atomic E-state index is 5.87. The SMILES string of the molecule is CCOc1c(N)nsc1NCC1(N(C)C)CCCC(C)C1. The summed E-state index contributed by atoms with van der Waals surface area (Å²) in [6, 6.07) is 0. The Morgan fingerprint density at radius 1 is 1.52 bits per heavy atom. The molecule has 0 bridgehead atoms. The first-order valence-electron chi connectivity index (χ1n) is 7.77. The van der Waals surface area contributed by atoms with Crippen LogP contribution < -0.4 is 15.8 Å². The third kappa shape index (κ3) is 3.61. The molecule has 2 rings (SSSR count). The molecule has 1 aromatic heterocycles. The molecule has 0 spiro atoms. The zero-order valence-electron chi connectivity index (χ0n) is 13.6. The molecule has 0 aromatic carbocycles. The zero-order valence-corrected chi connectivity index (χ0v) is 14.4. The quantitative estimate of drug-likeness (QED) is 0.845. The van der Waals surface area contributed by atoms with Gasteiger partial charge in [0, 0.05) is 12.1 Å². The van der Waals surface area contributed by atoms with E-state index in [1.807, 2.05) is 6.92 Å². The lowest BCUT2D eigenvalue weighted by Gasteiger charge is -2.45. The van der Waals surface area contributed by atoms with E-state index in [4.69, 9.17) is 10.5 Å². The van der Waals surface area contributed by atoms with Crippen LogP contribution in [0.3, 0.4) is 0 Å². The van der Waals surface area contributed by atoms with Crippen molar-refractivity contribution >= 4 is 22.4 Å². The topological polar surface area (TPSA) is 63.4 Å². The molecule has 0 aliphatic heterocycles. The molecule has 0 saturated heterocycles. The highest BCUT2D eigenvalue weighted by molar-refractivity contribution is 7.11. The summed E-state index contributed by atoms with van der Waals surface area (Å²) >= 11 is 1.39. The predicted octanol–water partition coefficient (Wildman–Crippen LogP) is 3.05. The van der Waals surface area contributed by atoms with Crippen LogP contribution in [-0.2, 0) is 0 Å². The van der Waals surface area contributed by atoms with Gasteiger partial charge in [-0.1, -0.05) is 19.8 Å². The van der Waals surface area contributed by atoms with Crippen molar-refractivity contribution in [1.29, 1.82) is 0 Å². The van der Waals surface area contributed by atoms with Gasteiger partial charge in [0.2, 0.25) is 0 Å². The second-order valence-electron chi connectivity index (χ2n) is 6.33. The molecule has 0 radical (unpaired) electrons. The van der Waals surface area contributed by atoms with Crippen LogP contribution in [-0.4, -0.2) is 42.1 Å². The van der Waals surface area contributed by atoms with Gasteiger partial charge >= 0.3 is 0 Å². The molecule has 120 valence electrons. The first-order chi connectivity index (χ1) is 9.98. The van der Waals surface area contributed by atoms with E-state index in [1.54, 1.807) is 0 Å². The molecule has 1 saturated carbocycles. The fourth-order valence-corrected chi connectivity index (χ4v) is 3.95. The molecule has 5 nitrogen and oxygen atoms in total. The highest BCUT2D eigenvalue weighted by atomic mass is 32.1. The molecule has 0 amide bonds. The summed E-state index contributed by atoms with van der Waals surface area (Å²) in [5.74, 6) is 1.97. The number of nitrogens with two attached hydrogens (primary N) is 1. The summed E-state index contributed by atoms with van der Waals surface area (Å²) in [7, 11) is 4.37. The van der Waals surface area contributed by atoms with Crippen molar-refractivity contribution in [2.45, 2.75) is 45.1 Å². The Hall–Kier alpha value is -1.01. The van der Waals surface area contributed by atoms with Crippen molar-refractivity contribution in [2.75, 3.05) is 38.3 Å². The predicted molar refractivity (Wildman–Crippen MR) is 90.2 cm³/mol. The van der Waals surface area contributed by atoms with Gasteiger partial charge in [-0.25, -0.2) is 0 Å². The maximum Gasteiger partial charge on any atom is 0.197 e. The van der Waals surface area contributed by atoms with E-state index < -0.39 is 0 Å². The van der Waals surface area contributed by atoms with Crippen LogP contribution in [0.4, 0.5) is 10.8 Å². The molecule has 1 aliphatic rings. The molecule has 1 fully saturated rings. The largest absolute Gasteiger partial charge is 0.487 e. The monoisotopic (exact) mass is 312 g/mol. The van der Waals surface area contributed by atoms with E-state index in [9.17, 15) is 0 Å². The summed E-state index contributed by atoms with van der Waals surface area (Å²) in [4.78, 5) is 2.38. The molecule has 2 atom stereocenters. The van der Waals surface area contributed by atoms with E-state index in [0.29, 0.717) is 18.2 Å². The zero-order chi connectivity index (χ0) is 15.5. The van der Waals surface area contributed by atoms with Gasteiger partial charge in [-0.2, -0.15) is 4.37 Å². The number of anilines is 2. The number of nitrogen functional groups attached to an aromatic ring is 1. The Labute approximate surface area is 132 Å². The molecule has 1 aromatic rings. The Balaban J connectivity index is 2.09. The molecule has 1 heterocycles. The lowest BCUT2D eigenvalue weighted by molar-refractivity contribution is 0.0882. The Morgan fingerprint density at radius 3 is 2.90 bits per heavy atom. The molecule has 3 N–H and O–H groups in total. The highest BCUT2D eigenvalue weighted by Gasteiger charge is 2.37. The first-order valence-corrected chi connectivity index (χ1v) is 8.55. The van der Waals surface area contributed by atoms with E-state index in [0.717, 1.165) is 17.5 Å². The maximum atomic E-state index is 5.87. The van der Waals surface area contributed by atoms with Crippen LogP contribution in [0.2, 0.25) is 0 Å². The molecule has 6 heteroatoms. The van der Waals surface area contributed by atoms with Crippen LogP contribution in [0.1, 0.15) is 39.5 Å². The van der Waals surface area contributed by atoms with Crippen molar-refractivity contribution in [3.8, 4) is 5.75 Å². The lowest BCUT2D eigenvalue weighted by Crippen LogP contribution is -2.52.